The molecule has 0 aliphatic heterocycles. The first-order valence-corrected chi connectivity index (χ1v) is 10.6. The van der Waals surface area contributed by atoms with E-state index in [0.29, 0.717) is 24.7 Å². The maximum absolute atomic E-state index is 13.0. The highest BCUT2D eigenvalue weighted by Gasteiger charge is 2.36. The first kappa shape index (κ1) is 22.9. The number of aliphatic hydroxyl groups excluding tert-OH is 1. The number of Topliss-reactive ketones (excluding diaryl/α,β-unsaturated/α-hetero) is 1. The van der Waals surface area contributed by atoms with Gasteiger partial charge in [0.05, 0.1) is 6.04 Å². The van der Waals surface area contributed by atoms with E-state index < -0.39 is 11.6 Å². The van der Waals surface area contributed by atoms with Crippen LogP contribution in [0.4, 0.5) is 0 Å². The minimum atomic E-state index is -0.471. The molecule has 0 bridgehead atoms. The highest BCUT2D eigenvalue weighted by Crippen LogP contribution is 2.41. The maximum atomic E-state index is 13.0. The number of nitrogens with one attached hydrogen (secondary N) is 2. The standard InChI is InChI=1S/C22H30N2O3.C2H6/c1-14-9-15(14)11-20(26)19(24-21(13-25)27-22(2,3)4)10-16-12-23-18-8-6-5-7-17(16)18;1-2/h5-8,12-15,19,23-25H,9-11H2,1-4H3;1-2H3/b21-13-;/t14?,15-,19?;/m0./s1. The maximum Gasteiger partial charge on any atom is 0.223 e. The molecule has 3 atom stereocenters. The van der Waals surface area contributed by atoms with E-state index in [-0.39, 0.29) is 11.7 Å². The first-order chi connectivity index (χ1) is 13.8. The fraction of sp³-hybridized carbons (Fsp3) is 0.542. The van der Waals surface area contributed by atoms with E-state index in [1.54, 1.807) is 0 Å². The molecule has 1 heterocycles. The van der Waals surface area contributed by atoms with E-state index in [2.05, 4.69) is 23.3 Å². The van der Waals surface area contributed by atoms with Gasteiger partial charge in [0.15, 0.2) is 5.78 Å². The molecule has 2 unspecified atom stereocenters. The van der Waals surface area contributed by atoms with Crippen LogP contribution in [0.1, 0.15) is 59.9 Å². The Morgan fingerprint density at radius 3 is 2.59 bits per heavy atom. The van der Waals surface area contributed by atoms with Gasteiger partial charge in [-0.05, 0) is 50.7 Å². The molecule has 5 heteroatoms. The lowest BCUT2D eigenvalue weighted by Crippen LogP contribution is -2.40. The number of hydrogen-bond acceptors (Lipinski definition) is 4. The van der Waals surface area contributed by atoms with Crippen molar-refractivity contribution in [1.82, 2.24) is 10.3 Å². The molecule has 1 fully saturated rings. The van der Waals surface area contributed by atoms with Crippen molar-refractivity contribution in [2.45, 2.75) is 72.4 Å². The number of carbonyl (C=O) groups excluding carboxylic acids is 1. The number of carbonyl (C=O) groups is 1. The van der Waals surface area contributed by atoms with Crippen molar-refractivity contribution in [1.29, 1.82) is 0 Å². The van der Waals surface area contributed by atoms with Crippen molar-refractivity contribution in [2.75, 3.05) is 0 Å². The van der Waals surface area contributed by atoms with Gasteiger partial charge in [-0.1, -0.05) is 39.0 Å². The number of ketones is 1. The molecule has 1 aromatic heterocycles. The summed E-state index contributed by atoms with van der Waals surface area (Å²) in [7, 11) is 0. The predicted octanol–water partition coefficient (Wildman–Crippen LogP) is 5.48. The highest BCUT2D eigenvalue weighted by molar-refractivity contribution is 5.87. The van der Waals surface area contributed by atoms with Crippen molar-refractivity contribution in [3.05, 3.63) is 48.2 Å². The number of rotatable bonds is 8. The Morgan fingerprint density at radius 2 is 2.00 bits per heavy atom. The van der Waals surface area contributed by atoms with Crippen molar-refractivity contribution in [2.24, 2.45) is 11.8 Å². The molecular formula is C24H36N2O3. The normalized spacial score (nSPS) is 19.9. The average molecular weight is 401 g/mol. The summed E-state index contributed by atoms with van der Waals surface area (Å²) >= 11 is 0. The van der Waals surface area contributed by atoms with Gasteiger partial charge in [-0.25, -0.2) is 0 Å². The summed E-state index contributed by atoms with van der Waals surface area (Å²) in [5.74, 6) is 1.49. The van der Waals surface area contributed by atoms with Gasteiger partial charge < -0.3 is 20.1 Å². The monoisotopic (exact) mass is 400 g/mol. The first-order valence-electron chi connectivity index (χ1n) is 10.6. The topological polar surface area (TPSA) is 74.4 Å². The summed E-state index contributed by atoms with van der Waals surface area (Å²) in [6.07, 6.45) is 5.08. The second kappa shape index (κ2) is 9.86. The van der Waals surface area contributed by atoms with Crippen LogP contribution >= 0.6 is 0 Å². The largest absolute Gasteiger partial charge is 0.510 e. The Bertz CT molecular complexity index is 832. The molecular weight excluding hydrogens is 364 g/mol. The van der Waals surface area contributed by atoms with Crippen molar-refractivity contribution < 1.29 is 14.6 Å². The molecule has 3 N–H and O–H groups in total. The van der Waals surface area contributed by atoms with Gasteiger partial charge >= 0.3 is 0 Å². The van der Waals surface area contributed by atoms with E-state index in [1.165, 1.54) is 0 Å². The summed E-state index contributed by atoms with van der Waals surface area (Å²) in [4.78, 5) is 16.2. The molecule has 0 amide bonds. The third kappa shape index (κ3) is 6.55. The van der Waals surface area contributed by atoms with Crippen LogP contribution in [0.3, 0.4) is 0 Å². The van der Waals surface area contributed by atoms with Crippen molar-refractivity contribution >= 4 is 16.7 Å². The van der Waals surface area contributed by atoms with Gasteiger partial charge in [0.1, 0.15) is 11.9 Å². The van der Waals surface area contributed by atoms with Crippen LogP contribution in [-0.2, 0) is 16.0 Å². The van der Waals surface area contributed by atoms with Crippen LogP contribution < -0.4 is 5.32 Å². The highest BCUT2D eigenvalue weighted by atomic mass is 16.5. The molecule has 5 nitrogen and oxygen atoms in total. The molecule has 1 aromatic carbocycles. The Labute approximate surface area is 174 Å². The fourth-order valence-corrected chi connectivity index (χ4v) is 3.44. The van der Waals surface area contributed by atoms with E-state index in [1.807, 2.05) is 59.0 Å². The number of hydrogen-bond donors (Lipinski definition) is 3. The SMILES string of the molecule is CC.CC1C[C@H]1CC(=O)C(Cc1c[nH]c2ccccc12)N/C(=C/O)OC(C)(C)C. The van der Waals surface area contributed by atoms with Crippen LogP contribution in [0.15, 0.2) is 42.6 Å². The summed E-state index contributed by atoms with van der Waals surface area (Å²) in [5.41, 5.74) is 1.66. The molecule has 0 spiro atoms. The van der Waals surface area contributed by atoms with Gasteiger partial charge in [0, 0.05) is 29.9 Å². The lowest BCUT2D eigenvalue weighted by atomic mass is 9.98. The van der Waals surface area contributed by atoms with Crippen LogP contribution in [-0.4, -0.2) is 27.5 Å². The van der Waals surface area contributed by atoms with E-state index in [9.17, 15) is 9.90 Å². The summed E-state index contributed by atoms with van der Waals surface area (Å²) in [5, 5.41) is 13.8. The molecule has 1 aliphatic rings. The molecule has 0 radical (unpaired) electrons. The van der Waals surface area contributed by atoms with Crippen LogP contribution in [0.2, 0.25) is 0 Å². The van der Waals surface area contributed by atoms with E-state index in [0.717, 1.165) is 29.1 Å². The number of benzene rings is 1. The summed E-state index contributed by atoms with van der Waals surface area (Å²) in [6.45, 7) is 11.9. The smallest absolute Gasteiger partial charge is 0.223 e. The van der Waals surface area contributed by atoms with E-state index in [4.69, 9.17) is 4.74 Å². The molecule has 0 saturated heterocycles. The Balaban J connectivity index is 0.00000145. The van der Waals surface area contributed by atoms with Crippen molar-refractivity contribution in [3.63, 3.8) is 0 Å². The van der Waals surface area contributed by atoms with Crippen LogP contribution in [0.25, 0.3) is 10.9 Å². The zero-order valence-corrected chi connectivity index (χ0v) is 18.6. The Morgan fingerprint density at radius 1 is 1.34 bits per heavy atom. The number of aliphatic hydroxyl groups is 1. The van der Waals surface area contributed by atoms with Crippen LogP contribution in [0, 0.1) is 11.8 Å². The van der Waals surface area contributed by atoms with Gasteiger partial charge in [0.25, 0.3) is 0 Å². The van der Waals surface area contributed by atoms with Gasteiger partial charge in [0.2, 0.25) is 5.88 Å². The lowest BCUT2D eigenvalue weighted by molar-refractivity contribution is -0.121. The minimum Gasteiger partial charge on any atom is -0.510 e. The number of aromatic nitrogens is 1. The third-order valence-electron chi connectivity index (χ3n) is 5.08. The molecule has 160 valence electrons. The van der Waals surface area contributed by atoms with Gasteiger partial charge in [-0.15, -0.1) is 0 Å². The molecule has 1 aliphatic carbocycles. The number of aromatic amines is 1. The number of para-hydroxylation sites is 1. The van der Waals surface area contributed by atoms with Gasteiger partial charge in [-0.3, -0.25) is 4.79 Å². The Kier molecular flexibility index (Phi) is 7.77. The molecule has 29 heavy (non-hydrogen) atoms. The average Bonchev–Trinajstić information content (AvgIpc) is 3.22. The quantitative estimate of drug-likeness (QED) is 0.513. The van der Waals surface area contributed by atoms with Crippen LogP contribution in [0.5, 0.6) is 0 Å². The van der Waals surface area contributed by atoms with Crippen molar-refractivity contribution in [3.8, 4) is 0 Å². The molecule has 1 saturated carbocycles. The van der Waals surface area contributed by atoms with Gasteiger partial charge in [-0.2, -0.15) is 0 Å². The number of fused-ring (bicyclic) bond motifs is 1. The zero-order valence-electron chi connectivity index (χ0n) is 18.6. The minimum absolute atomic E-state index is 0.159. The predicted molar refractivity (Wildman–Crippen MR) is 119 cm³/mol. The van der Waals surface area contributed by atoms with E-state index >= 15 is 0 Å². The summed E-state index contributed by atoms with van der Waals surface area (Å²) < 4.78 is 5.76. The number of H-pyrrole nitrogens is 1. The summed E-state index contributed by atoms with van der Waals surface area (Å²) in [6, 6.07) is 7.62. The third-order valence-corrected chi connectivity index (χ3v) is 5.08. The Hall–Kier alpha value is -2.43. The molecule has 3 rings (SSSR count). The zero-order chi connectivity index (χ0) is 21.6. The second-order valence-corrected chi connectivity index (χ2v) is 8.61. The number of ether oxygens (including phenoxy) is 1. The molecule has 2 aromatic rings. The fourth-order valence-electron chi connectivity index (χ4n) is 3.44. The second-order valence-electron chi connectivity index (χ2n) is 8.61. The lowest BCUT2D eigenvalue weighted by Gasteiger charge is -2.26.